The number of nitrogens with one attached hydrogen (secondary N) is 4. The molecule has 0 aliphatic rings. The lowest BCUT2D eigenvalue weighted by Crippen LogP contribution is -2.32. The first-order valence-corrected chi connectivity index (χ1v) is 15.3. The largest absolute Gasteiger partial charge is 0.506 e. The van der Waals surface area contributed by atoms with Gasteiger partial charge in [-0.2, -0.15) is 20.5 Å². The number of nitrogens with zero attached hydrogens (tertiary/aromatic N) is 6. The monoisotopic (exact) mass is 684 g/mol. The van der Waals surface area contributed by atoms with Crippen LogP contribution in [0.4, 0.5) is 22.7 Å². The highest BCUT2D eigenvalue weighted by Crippen LogP contribution is 2.32. The summed E-state index contributed by atoms with van der Waals surface area (Å²) >= 11 is 0. The Kier molecular flexibility index (Phi) is 9.82. The maximum Gasteiger partial charge on any atom is 0.326 e. The van der Waals surface area contributed by atoms with Gasteiger partial charge < -0.3 is 30.8 Å². The molecular weight excluding hydrogens is 652 g/mol. The van der Waals surface area contributed by atoms with Gasteiger partial charge in [0.25, 0.3) is 11.8 Å². The van der Waals surface area contributed by atoms with Crippen molar-refractivity contribution in [2.24, 2.45) is 20.5 Å². The number of phenols is 2. The van der Waals surface area contributed by atoms with Gasteiger partial charge in [0.15, 0.2) is 11.6 Å². The van der Waals surface area contributed by atoms with Crippen LogP contribution in [0.2, 0.25) is 0 Å². The van der Waals surface area contributed by atoms with Crippen molar-refractivity contribution in [3.8, 4) is 11.5 Å². The van der Waals surface area contributed by atoms with Crippen LogP contribution in [0.3, 0.4) is 0 Å². The summed E-state index contributed by atoms with van der Waals surface area (Å²) in [4.78, 5) is 79.9. The number of aromatic amines is 2. The minimum Gasteiger partial charge on any atom is -0.506 e. The van der Waals surface area contributed by atoms with Crippen molar-refractivity contribution in [3.05, 3.63) is 69.5 Å². The van der Waals surface area contributed by atoms with Gasteiger partial charge >= 0.3 is 11.4 Å². The Labute approximate surface area is 281 Å². The first-order valence-electron chi connectivity index (χ1n) is 15.3. The van der Waals surface area contributed by atoms with Crippen LogP contribution in [0.15, 0.2) is 78.6 Å². The molecule has 2 unspecified atom stereocenters. The molecule has 50 heavy (non-hydrogen) atoms. The van der Waals surface area contributed by atoms with E-state index in [4.69, 9.17) is 0 Å². The average Bonchev–Trinajstić information content (AvgIpc) is 3.54. The number of benzene rings is 3. The number of fused-ring (bicyclic) bond motifs is 2. The van der Waals surface area contributed by atoms with E-state index in [1.54, 1.807) is 13.8 Å². The van der Waals surface area contributed by atoms with Crippen molar-refractivity contribution < 1.29 is 29.4 Å². The number of rotatable bonds is 12. The average molecular weight is 685 g/mol. The van der Waals surface area contributed by atoms with E-state index in [-0.39, 0.29) is 45.6 Å². The fourth-order valence-corrected chi connectivity index (χ4v) is 5.09. The number of carbonyl (C=O) groups is 4. The summed E-state index contributed by atoms with van der Waals surface area (Å²) in [6.07, 6.45) is 0. The molecule has 258 valence electrons. The molecule has 5 rings (SSSR count). The van der Waals surface area contributed by atoms with Crippen molar-refractivity contribution >= 4 is 68.2 Å². The van der Waals surface area contributed by atoms with Crippen molar-refractivity contribution in [3.63, 3.8) is 0 Å². The van der Waals surface area contributed by atoms with Crippen LogP contribution in [0.5, 0.6) is 11.5 Å². The summed E-state index contributed by atoms with van der Waals surface area (Å²) in [7, 11) is 0. The van der Waals surface area contributed by atoms with Gasteiger partial charge in [0.2, 0.25) is 12.1 Å². The Balaban J connectivity index is 1.25. The quantitative estimate of drug-likeness (QED) is 0.0830. The van der Waals surface area contributed by atoms with Gasteiger partial charge in [-0.25, -0.2) is 9.59 Å². The fourth-order valence-electron chi connectivity index (χ4n) is 5.09. The van der Waals surface area contributed by atoms with E-state index in [1.165, 1.54) is 57.7 Å². The number of aryl methyl sites for hydroxylation is 2. The number of ketones is 2. The minimum atomic E-state index is -1.57. The molecule has 3 aromatic carbocycles. The van der Waals surface area contributed by atoms with E-state index >= 15 is 0 Å². The van der Waals surface area contributed by atoms with Gasteiger partial charge in [-0.05, 0) is 64.1 Å². The van der Waals surface area contributed by atoms with Crippen LogP contribution >= 0.6 is 0 Å². The number of aromatic hydroxyl groups is 2. The number of imidazole rings is 2. The summed E-state index contributed by atoms with van der Waals surface area (Å²) in [6, 6.07) is 7.98. The zero-order valence-corrected chi connectivity index (χ0v) is 27.2. The van der Waals surface area contributed by atoms with Crippen molar-refractivity contribution in [1.82, 2.24) is 19.1 Å². The molecule has 18 heteroatoms. The molecule has 0 spiro atoms. The molecule has 0 saturated carbocycles. The van der Waals surface area contributed by atoms with Crippen LogP contribution < -0.4 is 22.0 Å². The predicted octanol–water partition coefficient (Wildman–Crippen LogP) is 3.78. The summed E-state index contributed by atoms with van der Waals surface area (Å²) in [5, 5.41) is 41.3. The number of Topliss-reactive ketones (excluding diaryl/α,β-unsaturated/α-hetero) is 2. The molecular formula is C32H32N10O8. The van der Waals surface area contributed by atoms with Crippen molar-refractivity contribution in [2.45, 2.75) is 52.9 Å². The molecule has 6 N–H and O–H groups in total. The number of hydrogen-bond donors (Lipinski definition) is 6. The molecule has 2 atom stereocenters. The SMILES string of the molecule is CCn1c(=O)[nH]c2cc(N=NC(C(C)=O)C(=O)Nc3ccc(NC(=O)C(N=Nc4cc5[nH]c(=O)n(CC)c5cc4O)C(C)=O)cc3)c(O)cc21. The molecule has 5 aromatic rings. The number of carbonyl (C=O) groups excluding carboxylic acids is 4. The number of amides is 2. The van der Waals surface area contributed by atoms with Gasteiger partial charge in [0.1, 0.15) is 22.9 Å². The fraction of sp³-hybridized carbons (Fsp3) is 0.250. The van der Waals surface area contributed by atoms with E-state index in [0.29, 0.717) is 35.2 Å². The molecule has 0 saturated heterocycles. The zero-order chi connectivity index (χ0) is 36.3. The first kappa shape index (κ1) is 34.6. The Bertz CT molecular complexity index is 2170. The second-order valence-electron chi connectivity index (χ2n) is 11.1. The molecule has 0 bridgehead atoms. The normalized spacial score (nSPS) is 12.9. The van der Waals surface area contributed by atoms with E-state index in [0.717, 1.165) is 13.8 Å². The van der Waals surface area contributed by atoms with Gasteiger partial charge in [0, 0.05) is 36.6 Å². The van der Waals surface area contributed by atoms with Gasteiger partial charge in [-0.15, -0.1) is 0 Å². The number of phenolic OH excluding ortho intramolecular Hbond substituents is 2. The Morgan fingerprint density at radius 2 is 1.04 bits per heavy atom. The van der Waals surface area contributed by atoms with Crippen LogP contribution in [0.25, 0.3) is 22.1 Å². The highest BCUT2D eigenvalue weighted by Gasteiger charge is 2.25. The lowest BCUT2D eigenvalue weighted by molar-refractivity contribution is -0.127. The molecule has 0 fully saturated rings. The Morgan fingerprint density at radius 1 is 0.680 bits per heavy atom. The summed E-state index contributed by atoms with van der Waals surface area (Å²) in [5.74, 6) is -3.53. The van der Waals surface area contributed by atoms with E-state index < -0.39 is 35.5 Å². The summed E-state index contributed by atoms with van der Waals surface area (Å²) in [5.41, 5.74) is 1.27. The summed E-state index contributed by atoms with van der Waals surface area (Å²) < 4.78 is 2.83. The molecule has 2 heterocycles. The molecule has 2 amide bonds. The molecule has 2 aromatic heterocycles. The second kappa shape index (κ2) is 14.2. The number of anilines is 2. The Morgan fingerprint density at radius 3 is 1.36 bits per heavy atom. The zero-order valence-electron chi connectivity index (χ0n) is 27.2. The Hall–Kier alpha value is -6.72. The van der Waals surface area contributed by atoms with Gasteiger partial charge in [0.05, 0.1) is 22.1 Å². The van der Waals surface area contributed by atoms with E-state index in [9.17, 15) is 39.0 Å². The lowest BCUT2D eigenvalue weighted by atomic mass is 10.2. The maximum atomic E-state index is 12.9. The number of azo groups is 2. The summed E-state index contributed by atoms with van der Waals surface area (Å²) in [6.45, 7) is 6.58. The van der Waals surface area contributed by atoms with Crippen molar-refractivity contribution in [2.75, 3.05) is 10.6 Å². The number of aromatic nitrogens is 4. The van der Waals surface area contributed by atoms with Crippen molar-refractivity contribution in [1.29, 1.82) is 0 Å². The molecule has 0 radical (unpaired) electrons. The van der Waals surface area contributed by atoms with Crippen LogP contribution in [0, 0.1) is 0 Å². The predicted molar refractivity (Wildman–Crippen MR) is 181 cm³/mol. The first-order chi connectivity index (χ1) is 23.8. The van der Waals surface area contributed by atoms with Crippen LogP contribution in [-0.2, 0) is 32.3 Å². The topological polar surface area (TPSA) is 258 Å². The van der Waals surface area contributed by atoms with Gasteiger partial charge in [-0.1, -0.05) is 0 Å². The third kappa shape index (κ3) is 7.08. The lowest BCUT2D eigenvalue weighted by Gasteiger charge is -2.12. The third-order valence-corrected chi connectivity index (χ3v) is 7.62. The molecule has 0 aliphatic heterocycles. The maximum absolute atomic E-state index is 12.9. The smallest absolute Gasteiger partial charge is 0.326 e. The van der Waals surface area contributed by atoms with Gasteiger partial charge in [-0.3, -0.25) is 28.3 Å². The van der Waals surface area contributed by atoms with E-state index in [2.05, 4.69) is 41.1 Å². The van der Waals surface area contributed by atoms with Crippen LogP contribution in [0.1, 0.15) is 27.7 Å². The highest BCUT2D eigenvalue weighted by atomic mass is 16.3. The number of hydrogen-bond acceptors (Lipinski definition) is 12. The highest BCUT2D eigenvalue weighted by molar-refractivity contribution is 6.11. The number of H-pyrrole nitrogens is 2. The minimum absolute atomic E-state index is 0.0644. The molecule has 18 nitrogen and oxygen atoms in total. The third-order valence-electron chi connectivity index (χ3n) is 7.62. The van der Waals surface area contributed by atoms with Crippen LogP contribution in [-0.4, -0.2) is 64.8 Å². The standard InChI is InChI=1S/C32H32N10O8/c1-5-41-23-13-25(45)21(11-19(23)35-31(41)49)37-39-27(15(3)43)29(47)33-17-7-9-18(10-8-17)34-30(48)28(16(4)44)40-38-22-12-20-24(14-26(22)46)42(6-2)32(50)36-20/h7-14,27-28,45-46H,5-6H2,1-4H3,(H,33,47)(H,34,48)(H,35,49)(H,36,50). The second-order valence-corrected chi connectivity index (χ2v) is 11.1. The molecule has 0 aliphatic carbocycles. The van der Waals surface area contributed by atoms with E-state index in [1.807, 2.05) is 0 Å².